The Bertz CT molecular complexity index is 567. The summed E-state index contributed by atoms with van der Waals surface area (Å²) >= 11 is 1.64. The van der Waals surface area contributed by atoms with Crippen LogP contribution in [0.3, 0.4) is 0 Å². The lowest BCUT2D eigenvalue weighted by molar-refractivity contribution is 0.0927. The van der Waals surface area contributed by atoms with Crippen molar-refractivity contribution in [2.45, 2.75) is 55.9 Å². The van der Waals surface area contributed by atoms with Gasteiger partial charge in [0.25, 0.3) is 5.91 Å². The van der Waals surface area contributed by atoms with Crippen LogP contribution in [0.2, 0.25) is 0 Å². The van der Waals surface area contributed by atoms with Gasteiger partial charge in [0, 0.05) is 16.5 Å². The van der Waals surface area contributed by atoms with E-state index in [1.165, 1.54) is 32.1 Å². The highest BCUT2D eigenvalue weighted by Crippen LogP contribution is 2.30. The average molecular weight is 363 g/mol. The topological polar surface area (TPSA) is 50.4 Å². The van der Waals surface area contributed by atoms with E-state index in [4.69, 9.17) is 4.74 Å². The van der Waals surface area contributed by atoms with Crippen molar-refractivity contribution in [3.05, 3.63) is 23.8 Å². The Balaban J connectivity index is 1.58. The first-order valence-electron chi connectivity index (χ1n) is 9.58. The molecule has 1 saturated heterocycles. The SMILES string of the molecule is CSc1cc(C(=O)NC2CCCCC2)ccc1OCC1CCNCC1. The third-order valence-corrected chi connectivity index (χ3v) is 6.06. The van der Waals surface area contributed by atoms with E-state index in [1.54, 1.807) is 11.8 Å². The molecule has 1 aromatic carbocycles. The molecular weight excluding hydrogens is 332 g/mol. The summed E-state index contributed by atoms with van der Waals surface area (Å²) in [6.45, 7) is 2.94. The first-order valence-corrected chi connectivity index (χ1v) is 10.8. The molecule has 0 radical (unpaired) electrons. The largest absolute Gasteiger partial charge is 0.492 e. The summed E-state index contributed by atoms with van der Waals surface area (Å²) in [5.41, 5.74) is 0.740. The fraction of sp³-hybridized carbons (Fsp3) is 0.650. The Morgan fingerprint density at radius 1 is 1.20 bits per heavy atom. The third-order valence-electron chi connectivity index (χ3n) is 5.30. The summed E-state index contributed by atoms with van der Waals surface area (Å²) in [5.74, 6) is 1.58. The van der Waals surface area contributed by atoms with E-state index in [0.29, 0.717) is 12.0 Å². The van der Waals surface area contributed by atoms with Gasteiger partial charge in [-0.25, -0.2) is 0 Å². The molecule has 5 heteroatoms. The number of hydrogen-bond donors (Lipinski definition) is 2. The second-order valence-electron chi connectivity index (χ2n) is 7.18. The monoisotopic (exact) mass is 362 g/mol. The van der Waals surface area contributed by atoms with Crippen molar-refractivity contribution < 1.29 is 9.53 Å². The van der Waals surface area contributed by atoms with Gasteiger partial charge in [-0.15, -0.1) is 11.8 Å². The predicted octanol–water partition coefficient (Wildman–Crippen LogP) is 3.85. The zero-order chi connectivity index (χ0) is 17.5. The number of carbonyl (C=O) groups excluding carboxylic acids is 1. The minimum absolute atomic E-state index is 0.0482. The maximum absolute atomic E-state index is 12.5. The lowest BCUT2D eigenvalue weighted by atomic mass is 9.95. The summed E-state index contributed by atoms with van der Waals surface area (Å²) in [4.78, 5) is 13.6. The molecule has 25 heavy (non-hydrogen) atoms. The second kappa shape index (κ2) is 9.48. The minimum atomic E-state index is 0.0482. The first-order chi connectivity index (χ1) is 12.3. The number of nitrogens with one attached hydrogen (secondary N) is 2. The van der Waals surface area contributed by atoms with Gasteiger partial charge in [-0.2, -0.15) is 0 Å². The maximum atomic E-state index is 12.5. The standard InChI is InChI=1S/C20H30N2O2S/c1-25-19-13-16(20(23)22-17-5-3-2-4-6-17)7-8-18(19)24-14-15-9-11-21-12-10-15/h7-8,13,15,17,21H,2-6,9-12,14H2,1H3,(H,22,23). The van der Waals surface area contributed by atoms with Crippen molar-refractivity contribution in [1.82, 2.24) is 10.6 Å². The number of rotatable bonds is 6. The van der Waals surface area contributed by atoms with Crippen molar-refractivity contribution in [1.29, 1.82) is 0 Å². The van der Waals surface area contributed by atoms with Crippen molar-refractivity contribution in [3.8, 4) is 5.75 Å². The van der Waals surface area contributed by atoms with Gasteiger partial charge in [0.05, 0.1) is 6.61 Å². The Morgan fingerprint density at radius 3 is 2.68 bits per heavy atom. The second-order valence-corrected chi connectivity index (χ2v) is 8.03. The molecule has 0 bridgehead atoms. The van der Waals surface area contributed by atoms with Crippen LogP contribution in [0.15, 0.2) is 23.1 Å². The zero-order valence-corrected chi connectivity index (χ0v) is 16.0. The fourth-order valence-corrected chi connectivity index (χ4v) is 4.27. The minimum Gasteiger partial charge on any atom is -0.492 e. The van der Waals surface area contributed by atoms with Crippen LogP contribution in [0.25, 0.3) is 0 Å². The molecule has 3 rings (SSSR count). The molecule has 0 unspecified atom stereocenters. The Hall–Kier alpha value is -1.20. The summed E-state index contributed by atoms with van der Waals surface area (Å²) < 4.78 is 6.07. The van der Waals surface area contributed by atoms with Gasteiger partial charge in [-0.1, -0.05) is 19.3 Å². The maximum Gasteiger partial charge on any atom is 0.251 e. The molecule has 1 aliphatic carbocycles. The predicted molar refractivity (Wildman–Crippen MR) is 104 cm³/mol. The van der Waals surface area contributed by atoms with Gasteiger partial charge in [-0.05, 0) is 69.1 Å². The molecule has 138 valence electrons. The number of ether oxygens (including phenoxy) is 1. The lowest BCUT2D eigenvalue weighted by Crippen LogP contribution is -2.36. The molecule has 2 fully saturated rings. The number of piperidine rings is 1. The van der Waals surface area contributed by atoms with Crippen LogP contribution in [0, 0.1) is 5.92 Å². The van der Waals surface area contributed by atoms with Crippen LogP contribution in [0.5, 0.6) is 5.75 Å². The fourth-order valence-electron chi connectivity index (χ4n) is 3.70. The van der Waals surface area contributed by atoms with Crippen molar-refractivity contribution in [3.63, 3.8) is 0 Å². The van der Waals surface area contributed by atoms with Gasteiger partial charge in [0.2, 0.25) is 0 Å². The molecule has 1 amide bonds. The highest BCUT2D eigenvalue weighted by molar-refractivity contribution is 7.98. The molecule has 1 aromatic rings. The lowest BCUT2D eigenvalue weighted by Gasteiger charge is -2.24. The molecule has 1 heterocycles. The van der Waals surface area contributed by atoms with E-state index < -0.39 is 0 Å². The average Bonchev–Trinajstić information content (AvgIpc) is 2.67. The van der Waals surface area contributed by atoms with Crippen LogP contribution in [0.4, 0.5) is 0 Å². The summed E-state index contributed by atoms with van der Waals surface area (Å²) in [5, 5.41) is 6.58. The normalized spacial score (nSPS) is 19.6. The summed E-state index contributed by atoms with van der Waals surface area (Å²) in [6.07, 6.45) is 10.4. The molecule has 0 spiro atoms. The van der Waals surface area contributed by atoms with Crippen molar-refractivity contribution >= 4 is 17.7 Å². The van der Waals surface area contributed by atoms with Crippen molar-refractivity contribution in [2.75, 3.05) is 26.0 Å². The van der Waals surface area contributed by atoms with Crippen LogP contribution < -0.4 is 15.4 Å². The molecule has 1 aliphatic heterocycles. The number of thioether (sulfide) groups is 1. The Labute approximate surface area is 155 Å². The van der Waals surface area contributed by atoms with Crippen molar-refractivity contribution in [2.24, 2.45) is 5.92 Å². The van der Waals surface area contributed by atoms with E-state index in [1.807, 2.05) is 24.5 Å². The van der Waals surface area contributed by atoms with E-state index >= 15 is 0 Å². The first kappa shape index (κ1) is 18.6. The Morgan fingerprint density at radius 2 is 1.96 bits per heavy atom. The number of carbonyl (C=O) groups is 1. The van der Waals surface area contributed by atoms with Gasteiger partial charge in [-0.3, -0.25) is 4.79 Å². The quantitative estimate of drug-likeness (QED) is 0.755. The summed E-state index contributed by atoms with van der Waals surface area (Å²) in [6, 6.07) is 6.17. The molecule has 0 aromatic heterocycles. The molecule has 0 atom stereocenters. The van der Waals surface area contributed by atoms with Crippen LogP contribution in [0.1, 0.15) is 55.3 Å². The molecular formula is C20H30N2O2S. The van der Waals surface area contributed by atoms with E-state index in [2.05, 4.69) is 10.6 Å². The zero-order valence-electron chi connectivity index (χ0n) is 15.2. The van der Waals surface area contributed by atoms with E-state index in [-0.39, 0.29) is 5.91 Å². The van der Waals surface area contributed by atoms with Gasteiger partial charge in [0.15, 0.2) is 0 Å². The number of amides is 1. The van der Waals surface area contributed by atoms with Gasteiger partial charge >= 0.3 is 0 Å². The van der Waals surface area contributed by atoms with Crippen LogP contribution >= 0.6 is 11.8 Å². The molecule has 2 aliphatic rings. The summed E-state index contributed by atoms with van der Waals surface area (Å²) in [7, 11) is 0. The van der Waals surface area contributed by atoms with E-state index in [0.717, 1.165) is 48.7 Å². The Kier molecular flexibility index (Phi) is 7.05. The van der Waals surface area contributed by atoms with Gasteiger partial charge < -0.3 is 15.4 Å². The molecule has 1 saturated carbocycles. The van der Waals surface area contributed by atoms with Crippen LogP contribution in [-0.2, 0) is 0 Å². The highest BCUT2D eigenvalue weighted by Gasteiger charge is 2.18. The van der Waals surface area contributed by atoms with Crippen LogP contribution in [-0.4, -0.2) is 37.9 Å². The number of hydrogen-bond acceptors (Lipinski definition) is 4. The third kappa shape index (κ3) is 5.38. The van der Waals surface area contributed by atoms with Gasteiger partial charge in [0.1, 0.15) is 5.75 Å². The smallest absolute Gasteiger partial charge is 0.251 e. The number of benzene rings is 1. The molecule has 4 nitrogen and oxygen atoms in total. The van der Waals surface area contributed by atoms with E-state index in [9.17, 15) is 4.79 Å². The molecule has 2 N–H and O–H groups in total. The highest BCUT2D eigenvalue weighted by atomic mass is 32.2.